The first-order chi connectivity index (χ1) is 12.5. The second-order valence-electron chi connectivity index (χ2n) is 7.02. The van der Waals surface area contributed by atoms with E-state index in [1.54, 1.807) is 12.4 Å². The van der Waals surface area contributed by atoms with Crippen LogP contribution in [0.2, 0.25) is 0 Å². The van der Waals surface area contributed by atoms with Gasteiger partial charge < -0.3 is 9.47 Å². The molecule has 7 heteroatoms. The average molecular weight is 349 g/mol. The summed E-state index contributed by atoms with van der Waals surface area (Å²) in [4.78, 5) is 15.8. The summed E-state index contributed by atoms with van der Waals surface area (Å²) in [5.41, 5.74) is 1.92. The fourth-order valence-corrected chi connectivity index (χ4v) is 3.48. The Morgan fingerprint density at radius 1 is 1.08 bits per heavy atom. The van der Waals surface area contributed by atoms with Crippen LogP contribution in [0, 0.1) is 6.92 Å². The Morgan fingerprint density at radius 2 is 1.85 bits per heavy atom. The number of hydrogen-bond donors (Lipinski definition) is 0. The van der Waals surface area contributed by atoms with E-state index in [-0.39, 0.29) is 6.04 Å². The highest BCUT2D eigenvalue weighted by Crippen LogP contribution is 2.31. The molecule has 4 heterocycles. The van der Waals surface area contributed by atoms with Crippen LogP contribution in [0.25, 0.3) is 11.4 Å². The number of aromatic nitrogens is 6. The smallest absolute Gasteiger partial charge is 0.161 e. The van der Waals surface area contributed by atoms with Crippen LogP contribution >= 0.6 is 0 Å². The van der Waals surface area contributed by atoms with Crippen LogP contribution in [0.4, 0.5) is 5.82 Å². The van der Waals surface area contributed by atoms with Gasteiger partial charge in [0.15, 0.2) is 11.6 Å². The molecule has 134 valence electrons. The Balaban J connectivity index is 1.71. The predicted molar refractivity (Wildman–Crippen MR) is 99.9 cm³/mol. The number of pyridine rings is 1. The summed E-state index contributed by atoms with van der Waals surface area (Å²) < 4.78 is 2.25. The van der Waals surface area contributed by atoms with Gasteiger partial charge in [-0.25, -0.2) is 9.97 Å². The van der Waals surface area contributed by atoms with Gasteiger partial charge in [0.05, 0.1) is 6.04 Å². The van der Waals surface area contributed by atoms with Crippen LogP contribution in [0.3, 0.4) is 0 Å². The molecule has 0 saturated heterocycles. The van der Waals surface area contributed by atoms with Crippen LogP contribution in [0.15, 0.2) is 30.6 Å². The summed E-state index contributed by atoms with van der Waals surface area (Å²) in [5.74, 6) is 4.08. The molecule has 3 aromatic heterocycles. The Bertz CT molecular complexity index is 917. The summed E-state index contributed by atoms with van der Waals surface area (Å²) in [5, 5.41) is 8.86. The third-order valence-corrected chi connectivity index (χ3v) is 4.80. The topological polar surface area (TPSA) is 72.6 Å². The van der Waals surface area contributed by atoms with Gasteiger partial charge in [-0.2, -0.15) is 0 Å². The van der Waals surface area contributed by atoms with Crippen molar-refractivity contribution in [1.29, 1.82) is 0 Å². The van der Waals surface area contributed by atoms with E-state index in [9.17, 15) is 0 Å². The van der Waals surface area contributed by atoms with Gasteiger partial charge in [0.1, 0.15) is 11.6 Å². The Kier molecular flexibility index (Phi) is 4.14. The van der Waals surface area contributed by atoms with Gasteiger partial charge in [-0.05, 0) is 26.0 Å². The van der Waals surface area contributed by atoms with Gasteiger partial charge in [-0.1, -0.05) is 13.8 Å². The normalized spacial score (nSPS) is 16.8. The monoisotopic (exact) mass is 349 g/mol. The standard InChI is InChI=1S/C19H23N7/c1-12(2)18-23-24-19-14(4)25(9-10-26(18)19)16-11-13(3)21-17(22-16)15-5-7-20-8-6-15/h5-8,11-12,14H,9-10H2,1-4H3. The molecule has 1 atom stereocenters. The minimum absolute atomic E-state index is 0.114. The van der Waals surface area contributed by atoms with Gasteiger partial charge in [-0.3, -0.25) is 4.98 Å². The SMILES string of the molecule is Cc1cc(N2CCn3c(C(C)C)nnc3C2C)nc(-c2ccncc2)n1. The van der Waals surface area contributed by atoms with Crippen molar-refractivity contribution in [1.82, 2.24) is 29.7 Å². The van der Waals surface area contributed by atoms with Crippen LogP contribution in [0.1, 0.15) is 50.1 Å². The molecule has 0 saturated carbocycles. The molecule has 0 bridgehead atoms. The summed E-state index contributed by atoms with van der Waals surface area (Å²) in [6.45, 7) is 10.2. The van der Waals surface area contributed by atoms with Crippen molar-refractivity contribution in [2.24, 2.45) is 0 Å². The fourth-order valence-electron chi connectivity index (χ4n) is 3.48. The summed E-state index contributed by atoms with van der Waals surface area (Å²) in [6.07, 6.45) is 3.53. The van der Waals surface area contributed by atoms with E-state index in [2.05, 4.69) is 50.4 Å². The van der Waals surface area contributed by atoms with Gasteiger partial charge in [0.2, 0.25) is 0 Å². The first kappa shape index (κ1) is 16.6. The lowest BCUT2D eigenvalue weighted by Gasteiger charge is -2.35. The average Bonchev–Trinajstić information content (AvgIpc) is 3.07. The predicted octanol–water partition coefficient (Wildman–Crippen LogP) is 3.14. The number of nitrogens with zero attached hydrogens (tertiary/aromatic N) is 7. The molecule has 26 heavy (non-hydrogen) atoms. The number of rotatable bonds is 3. The molecule has 0 radical (unpaired) electrons. The lowest BCUT2D eigenvalue weighted by Crippen LogP contribution is -2.38. The Labute approximate surface area is 153 Å². The third kappa shape index (κ3) is 2.83. The third-order valence-electron chi connectivity index (χ3n) is 4.80. The highest BCUT2D eigenvalue weighted by atomic mass is 15.4. The van der Waals surface area contributed by atoms with Crippen molar-refractivity contribution in [3.05, 3.63) is 47.9 Å². The number of fused-ring (bicyclic) bond motifs is 1. The second kappa shape index (κ2) is 6.48. The first-order valence-electron chi connectivity index (χ1n) is 9.00. The molecular formula is C19H23N7. The Morgan fingerprint density at radius 3 is 2.58 bits per heavy atom. The molecular weight excluding hydrogens is 326 g/mol. The van der Waals surface area contributed by atoms with Gasteiger partial charge in [-0.15, -0.1) is 10.2 Å². The zero-order valence-electron chi connectivity index (χ0n) is 15.6. The van der Waals surface area contributed by atoms with Crippen LogP contribution in [-0.4, -0.2) is 36.3 Å². The van der Waals surface area contributed by atoms with Crippen molar-refractivity contribution in [3.63, 3.8) is 0 Å². The molecule has 0 aromatic carbocycles. The zero-order chi connectivity index (χ0) is 18.3. The van der Waals surface area contributed by atoms with E-state index in [0.717, 1.165) is 47.6 Å². The van der Waals surface area contributed by atoms with E-state index in [1.165, 1.54) is 0 Å². The van der Waals surface area contributed by atoms with E-state index >= 15 is 0 Å². The molecule has 0 fully saturated rings. The number of anilines is 1. The molecule has 7 nitrogen and oxygen atoms in total. The highest BCUT2D eigenvalue weighted by molar-refractivity contribution is 5.57. The molecule has 0 spiro atoms. The quantitative estimate of drug-likeness (QED) is 0.723. The van der Waals surface area contributed by atoms with Crippen molar-refractivity contribution in [2.45, 2.75) is 46.2 Å². The first-order valence-corrected chi connectivity index (χ1v) is 9.00. The largest absolute Gasteiger partial charge is 0.345 e. The second-order valence-corrected chi connectivity index (χ2v) is 7.02. The van der Waals surface area contributed by atoms with Crippen LogP contribution in [-0.2, 0) is 6.54 Å². The van der Waals surface area contributed by atoms with E-state index < -0.39 is 0 Å². The molecule has 1 aliphatic rings. The van der Waals surface area contributed by atoms with Gasteiger partial charge >= 0.3 is 0 Å². The molecule has 1 unspecified atom stereocenters. The lowest BCUT2D eigenvalue weighted by molar-refractivity contribution is 0.477. The molecule has 0 N–H and O–H groups in total. The summed E-state index contributed by atoms with van der Waals surface area (Å²) in [6, 6.07) is 6.02. The highest BCUT2D eigenvalue weighted by Gasteiger charge is 2.30. The molecule has 3 aromatic rings. The van der Waals surface area contributed by atoms with Crippen molar-refractivity contribution < 1.29 is 0 Å². The van der Waals surface area contributed by atoms with E-state index in [0.29, 0.717) is 5.92 Å². The zero-order valence-corrected chi connectivity index (χ0v) is 15.6. The van der Waals surface area contributed by atoms with Gasteiger partial charge in [0, 0.05) is 48.7 Å². The maximum absolute atomic E-state index is 4.82. The maximum Gasteiger partial charge on any atom is 0.161 e. The Hall–Kier alpha value is -2.83. The van der Waals surface area contributed by atoms with E-state index in [4.69, 9.17) is 4.98 Å². The molecule has 0 amide bonds. The molecule has 0 aliphatic carbocycles. The fraction of sp³-hybridized carbons (Fsp3) is 0.421. The minimum atomic E-state index is 0.114. The number of aryl methyl sites for hydroxylation is 1. The van der Waals surface area contributed by atoms with Crippen LogP contribution < -0.4 is 4.90 Å². The number of hydrogen-bond acceptors (Lipinski definition) is 6. The van der Waals surface area contributed by atoms with Crippen molar-refractivity contribution in [3.8, 4) is 11.4 Å². The summed E-state index contributed by atoms with van der Waals surface area (Å²) in [7, 11) is 0. The molecule has 1 aliphatic heterocycles. The van der Waals surface area contributed by atoms with Crippen molar-refractivity contribution in [2.75, 3.05) is 11.4 Å². The molecule has 4 rings (SSSR count). The maximum atomic E-state index is 4.82. The van der Waals surface area contributed by atoms with E-state index in [1.807, 2.05) is 25.1 Å². The minimum Gasteiger partial charge on any atom is -0.345 e. The van der Waals surface area contributed by atoms with Gasteiger partial charge in [0.25, 0.3) is 0 Å². The van der Waals surface area contributed by atoms with Crippen molar-refractivity contribution >= 4 is 5.82 Å². The lowest BCUT2D eigenvalue weighted by atomic mass is 10.1. The van der Waals surface area contributed by atoms with Crippen LogP contribution in [0.5, 0.6) is 0 Å². The summed E-state index contributed by atoms with van der Waals surface area (Å²) >= 11 is 0.